The molecule has 1 saturated heterocycles. The summed E-state index contributed by atoms with van der Waals surface area (Å²) in [4.78, 5) is 23.6. The Hall–Kier alpha value is -2.09. The fourth-order valence-corrected chi connectivity index (χ4v) is 2.34. The Labute approximate surface area is 131 Å². The zero-order valence-electron chi connectivity index (χ0n) is 12.4. The SMILES string of the molecule is O=C(NC(=O)c1ccc(C(F)(F)F)cc1)NN1CCCCCC1. The fourth-order valence-electron chi connectivity index (χ4n) is 2.34. The summed E-state index contributed by atoms with van der Waals surface area (Å²) in [6.45, 7) is 1.42. The second-order valence-electron chi connectivity index (χ2n) is 5.37. The number of carbonyl (C=O) groups is 2. The number of imide groups is 1. The molecule has 8 heteroatoms. The molecule has 23 heavy (non-hydrogen) atoms. The van der Waals surface area contributed by atoms with Gasteiger partial charge in [0.25, 0.3) is 5.91 Å². The van der Waals surface area contributed by atoms with Crippen LogP contribution in [0.1, 0.15) is 41.6 Å². The van der Waals surface area contributed by atoms with Gasteiger partial charge in [0.15, 0.2) is 0 Å². The average molecular weight is 329 g/mol. The number of benzene rings is 1. The van der Waals surface area contributed by atoms with E-state index in [0.717, 1.165) is 49.9 Å². The number of alkyl halides is 3. The minimum absolute atomic E-state index is 0.0102. The standard InChI is InChI=1S/C15H18F3N3O2/c16-15(17,18)12-7-5-11(6-8-12)13(22)19-14(23)20-21-9-3-1-2-4-10-21/h5-8H,1-4,9-10H2,(H2,19,20,22,23). The van der Waals surface area contributed by atoms with Crippen molar-refractivity contribution < 1.29 is 22.8 Å². The van der Waals surface area contributed by atoms with E-state index in [-0.39, 0.29) is 5.56 Å². The quantitative estimate of drug-likeness (QED) is 0.877. The number of amides is 3. The molecule has 1 aromatic carbocycles. The maximum atomic E-state index is 12.5. The molecule has 0 aliphatic carbocycles. The third-order valence-corrected chi connectivity index (χ3v) is 3.57. The van der Waals surface area contributed by atoms with E-state index < -0.39 is 23.7 Å². The van der Waals surface area contributed by atoms with Crippen LogP contribution in [0, 0.1) is 0 Å². The number of urea groups is 1. The van der Waals surface area contributed by atoms with Crippen molar-refractivity contribution in [3.05, 3.63) is 35.4 Å². The van der Waals surface area contributed by atoms with Crippen LogP contribution in [0.15, 0.2) is 24.3 Å². The van der Waals surface area contributed by atoms with Gasteiger partial charge >= 0.3 is 12.2 Å². The van der Waals surface area contributed by atoms with E-state index in [1.807, 2.05) is 0 Å². The summed E-state index contributed by atoms with van der Waals surface area (Å²) < 4.78 is 37.4. The van der Waals surface area contributed by atoms with E-state index in [0.29, 0.717) is 13.1 Å². The fraction of sp³-hybridized carbons (Fsp3) is 0.467. The van der Waals surface area contributed by atoms with Crippen LogP contribution in [0.3, 0.4) is 0 Å². The molecular weight excluding hydrogens is 311 g/mol. The van der Waals surface area contributed by atoms with Crippen LogP contribution in [-0.4, -0.2) is 30.0 Å². The highest BCUT2D eigenvalue weighted by Crippen LogP contribution is 2.29. The van der Waals surface area contributed by atoms with Crippen LogP contribution in [0.5, 0.6) is 0 Å². The first-order valence-corrected chi connectivity index (χ1v) is 7.40. The molecule has 1 aliphatic rings. The van der Waals surface area contributed by atoms with Gasteiger partial charge in [0.05, 0.1) is 5.56 Å². The van der Waals surface area contributed by atoms with Crippen molar-refractivity contribution >= 4 is 11.9 Å². The van der Waals surface area contributed by atoms with Crippen LogP contribution in [0.4, 0.5) is 18.0 Å². The molecule has 0 saturated carbocycles. The molecule has 1 heterocycles. The van der Waals surface area contributed by atoms with E-state index in [2.05, 4.69) is 10.7 Å². The molecule has 1 aliphatic heterocycles. The summed E-state index contributed by atoms with van der Waals surface area (Å²) in [5.74, 6) is -0.744. The highest BCUT2D eigenvalue weighted by atomic mass is 19.4. The van der Waals surface area contributed by atoms with Gasteiger partial charge < -0.3 is 0 Å². The molecule has 1 aromatic rings. The number of hydrazine groups is 1. The van der Waals surface area contributed by atoms with Gasteiger partial charge in [-0.25, -0.2) is 9.80 Å². The molecule has 2 N–H and O–H groups in total. The second kappa shape index (κ2) is 7.45. The number of nitrogens with zero attached hydrogens (tertiary/aromatic N) is 1. The van der Waals surface area contributed by atoms with Gasteiger partial charge in [-0.05, 0) is 37.1 Å². The Morgan fingerprint density at radius 3 is 2.04 bits per heavy atom. The van der Waals surface area contributed by atoms with Crippen LogP contribution in [0.2, 0.25) is 0 Å². The van der Waals surface area contributed by atoms with Gasteiger partial charge in [-0.3, -0.25) is 15.5 Å². The first kappa shape index (κ1) is 17.3. The largest absolute Gasteiger partial charge is 0.416 e. The van der Waals surface area contributed by atoms with Crippen molar-refractivity contribution in [3.63, 3.8) is 0 Å². The molecule has 0 radical (unpaired) electrons. The molecule has 1 fully saturated rings. The van der Waals surface area contributed by atoms with E-state index in [4.69, 9.17) is 0 Å². The predicted octanol–water partition coefficient (Wildman–Crippen LogP) is 2.94. The molecule has 0 aromatic heterocycles. The van der Waals surface area contributed by atoms with Crippen molar-refractivity contribution in [2.45, 2.75) is 31.9 Å². The van der Waals surface area contributed by atoms with E-state index in [9.17, 15) is 22.8 Å². The lowest BCUT2D eigenvalue weighted by molar-refractivity contribution is -0.137. The normalized spacial score (nSPS) is 16.5. The van der Waals surface area contributed by atoms with E-state index in [1.165, 1.54) is 0 Å². The minimum Gasteiger partial charge on any atom is -0.273 e. The van der Waals surface area contributed by atoms with Crippen molar-refractivity contribution in [3.8, 4) is 0 Å². The third-order valence-electron chi connectivity index (χ3n) is 3.57. The first-order valence-electron chi connectivity index (χ1n) is 7.40. The number of halogens is 3. The topological polar surface area (TPSA) is 61.4 Å². The molecule has 0 spiro atoms. The van der Waals surface area contributed by atoms with Gasteiger partial charge in [-0.1, -0.05) is 12.8 Å². The Bertz CT molecular complexity index is 550. The van der Waals surface area contributed by atoms with Gasteiger partial charge in [0.1, 0.15) is 0 Å². The van der Waals surface area contributed by atoms with Crippen molar-refractivity contribution in [1.29, 1.82) is 0 Å². The molecular formula is C15H18F3N3O2. The Morgan fingerprint density at radius 2 is 1.52 bits per heavy atom. The Morgan fingerprint density at radius 1 is 0.957 bits per heavy atom. The number of nitrogens with one attached hydrogen (secondary N) is 2. The molecule has 3 amide bonds. The highest BCUT2D eigenvalue weighted by Gasteiger charge is 2.30. The Balaban J connectivity index is 1.89. The lowest BCUT2D eigenvalue weighted by atomic mass is 10.1. The lowest BCUT2D eigenvalue weighted by Gasteiger charge is -2.20. The first-order chi connectivity index (χ1) is 10.9. The minimum atomic E-state index is -4.46. The summed E-state index contributed by atoms with van der Waals surface area (Å²) >= 11 is 0. The zero-order chi connectivity index (χ0) is 16.9. The monoisotopic (exact) mass is 329 g/mol. The van der Waals surface area contributed by atoms with Crippen LogP contribution in [0.25, 0.3) is 0 Å². The van der Waals surface area contributed by atoms with Crippen molar-refractivity contribution in [2.75, 3.05) is 13.1 Å². The lowest BCUT2D eigenvalue weighted by Crippen LogP contribution is -2.49. The number of hydrogen-bond acceptors (Lipinski definition) is 3. The van der Waals surface area contributed by atoms with Gasteiger partial charge in [-0.2, -0.15) is 13.2 Å². The van der Waals surface area contributed by atoms with Gasteiger partial charge in [-0.15, -0.1) is 0 Å². The van der Waals surface area contributed by atoms with Crippen molar-refractivity contribution in [1.82, 2.24) is 15.8 Å². The van der Waals surface area contributed by atoms with Gasteiger partial charge in [0, 0.05) is 18.7 Å². The Kier molecular flexibility index (Phi) is 5.59. The van der Waals surface area contributed by atoms with E-state index >= 15 is 0 Å². The summed E-state index contributed by atoms with van der Waals surface area (Å²) in [5.41, 5.74) is 1.72. The van der Waals surface area contributed by atoms with Crippen LogP contribution >= 0.6 is 0 Å². The molecule has 2 rings (SSSR count). The third kappa shape index (κ3) is 5.24. The number of rotatable bonds is 2. The smallest absolute Gasteiger partial charge is 0.273 e. The molecule has 0 atom stereocenters. The molecule has 5 nitrogen and oxygen atoms in total. The summed E-state index contributed by atoms with van der Waals surface area (Å²) in [6, 6.07) is 3.01. The summed E-state index contributed by atoms with van der Waals surface area (Å²) in [7, 11) is 0. The summed E-state index contributed by atoms with van der Waals surface area (Å²) in [6.07, 6.45) is -0.325. The molecule has 126 valence electrons. The zero-order valence-corrected chi connectivity index (χ0v) is 12.4. The van der Waals surface area contributed by atoms with E-state index in [1.54, 1.807) is 5.01 Å². The van der Waals surface area contributed by atoms with Crippen LogP contribution in [-0.2, 0) is 6.18 Å². The molecule has 0 bridgehead atoms. The predicted molar refractivity (Wildman–Crippen MR) is 77.5 cm³/mol. The highest BCUT2D eigenvalue weighted by molar-refractivity contribution is 6.04. The maximum absolute atomic E-state index is 12.5. The summed E-state index contributed by atoms with van der Waals surface area (Å²) in [5, 5.41) is 3.85. The average Bonchev–Trinajstić information content (AvgIpc) is 2.75. The maximum Gasteiger partial charge on any atom is 0.416 e. The second-order valence-corrected chi connectivity index (χ2v) is 5.37. The number of hydrogen-bond donors (Lipinski definition) is 2. The van der Waals surface area contributed by atoms with Crippen LogP contribution < -0.4 is 10.7 Å². The van der Waals surface area contributed by atoms with Crippen molar-refractivity contribution in [2.24, 2.45) is 0 Å². The number of carbonyl (C=O) groups excluding carboxylic acids is 2. The molecule has 0 unspecified atom stereocenters. The van der Waals surface area contributed by atoms with Gasteiger partial charge in [0.2, 0.25) is 0 Å².